The van der Waals surface area contributed by atoms with Gasteiger partial charge in [-0.2, -0.15) is 0 Å². The molecule has 1 aromatic carbocycles. The summed E-state index contributed by atoms with van der Waals surface area (Å²) >= 11 is 5.75. The predicted molar refractivity (Wildman–Crippen MR) is 65.7 cm³/mol. The summed E-state index contributed by atoms with van der Waals surface area (Å²) in [5.41, 5.74) is -0.0715. The van der Waals surface area contributed by atoms with E-state index in [-0.39, 0.29) is 5.56 Å². The van der Waals surface area contributed by atoms with Crippen LogP contribution in [0.3, 0.4) is 0 Å². The first kappa shape index (κ1) is 12.2. The number of rotatable bonds is 4. The minimum absolute atomic E-state index is 0.125. The van der Waals surface area contributed by atoms with E-state index in [1.807, 2.05) is 0 Å². The lowest BCUT2D eigenvalue weighted by Gasteiger charge is -2.37. The van der Waals surface area contributed by atoms with Crippen LogP contribution in [0.1, 0.15) is 29.6 Å². The highest BCUT2D eigenvalue weighted by Gasteiger charge is 2.34. The summed E-state index contributed by atoms with van der Waals surface area (Å²) in [6.07, 6.45) is 2.54. The lowest BCUT2D eigenvalue weighted by Crippen LogP contribution is -2.43. The number of halogens is 1. The fraction of sp³-hybridized carbons (Fsp3) is 0.417. The van der Waals surface area contributed by atoms with Crippen LogP contribution in [0.15, 0.2) is 18.2 Å². The molecule has 1 aliphatic carbocycles. The maximum absolute atomic E-state index is 11.0. The Morgan fingerprint density at radius 2 is 2.18 bits per heavy atom. The summed E-state index contributed by atoms with van der Waals surface area (Å²) in [7, 11) is 0. The number of carboxylic acid groups (broad SMARTS) is 1. The Bertz CT molecular complexity index is 443. The van der Waals surface area contributed by atoms with E-state index in [0.717, 1.165) is 19.3 Å². The molecule has 3 N–H and O–H groups in total. The van der Waals surface area contributed by atoms with Crippen LogP contribution in [-0.2, 0) is 0 Å². The quantitative estimate of drug-likeness (QED) is 0.773. The molecule has 0 bridgehead atoms. The van der Waals surface area contributed by atoms with Crippen LogP contribution in [0, 0.1) is 0 Å². The molecule has 0 saturated heterocycles. The third kappa shape index (κ3) is 2.70. The Labute approximate surface area is 104 Å². The van der Waals surface area contributed by atoms with E-state index < -0.39 is 11.6 Å². The van der Waals surface area contributed by atoms with E-state index in [9.17, 15) is 9.90 Å². The molecule has 1 fully saturated rings. The van der Waals surface area contributed by atoms with Crippen molar-refractivity contribution in [3.63, 3.8) is 0 Å². The number of anilines is 1. The second kappa shape index (κ2) is 4.55. The van der Waals surface area contributed by atoms with Crippen molar-refractivity contribution >= 4 is 23.3 Å². The van der Waals surface area contributed by atoms with Crippen molar-refractivity contribution < 1.29 is 15.0 Å². The first-order valence-electron chi connectivity index (χ1n) is 5.49. The molecule has 0 aliphatic heterocycles. The number of nitrogens with one attached hydrogen (secondary N) is 1. The minimum Gasteiger partial charge on any atom is -0.478 e. The van der Waals surface area contributed by atoms with Gasteiger partial charge in [0.2, 0.25) is 0 Å². The molecule has 5 heteroatoms. The maximum atomic E-state index is 11.0. The number of hydrogen-bond acceptors (Lipinski definition) is 3. The van der Waals surface area contributed by atoms with Crippen LogP contribution in [0.25, 0.3) is 0 Å². The zero-order valence-electron chi connectivity index (χ0n) is 9.24. The van der Waals surface area contributed by atoms with Gasteiger partial charge in [0.15, 0.2) is 0 Å². The second-order valence-electron chi connectivity index (χ2n) is 4.43. The average Bonchev–Trinajstić information content (AvgIpc) is 2.24. The molecule has 0 aromatic heterocycles. The van der Waals surface area contributed by atoms with Gasteiger partial charge in [0, 0.05) is 17.3 Å². The van der Waals surface area contributed by atoms with Crippen LogP contribution in [0.4, 0.5) is 5.69 Å². The zero-order chi connectivity index (χ0) is 12.5. The van der Waals surface area contributed by atoms with Gasteiger partial charge in [0.25, 0.3) is 0 Å². The molecule has 2 rings (SSSR count). The van der Waals surface area contributed by atoms with Crippen molar-refractivity contribution in [2.45, 2.75) is 24.9 Å². The molecule has 0 radical (unpaired) electrons. The van der Waals surface area contributed by atoms with Crippen molar-refractivity contribution in [1.29, 1.82) is 0 Å². The third-order valence-electron chi connectivity index (χ3n) is 3.10. The van der Waals surface area contributed by atoms with E-state index in [0.29, 0.717) is 17.3 Å². The maximum Gasteiger partial charge on any atom is 0.337 e. The number of carbonyl (C=O) groups is 1. The Morgan fingerprint density at radius 3 is 2.71 bits per heavy atom. The topological polar surface area (TPSA) is 69.6 Å². The van der Waals surface area contributed by atoms with Crippen LogP contribution in [-0.4, -0.2) is 28.3 Å². The molecule has 1 aromatic rings. The van der Waals surface area contributed by atoms with E-state index in [1.54, 1.807) is 12.1 Å². The summed E-state index contributed by atoms with van der Waals surface area (Å²) in [5, 5.41) is 22.3. The van der Waals surface area contributed by atoms with E-state index in [2.05, 4.69) is 5.32 Å². The molecule has 1 saturated carbocycles. The summed E-state index contributed by atoms with van der Waals surface area (Å²) < 4.78 is 0. The first-order chi connectivity index (χ1) is 8.00. The molecule has 1 aliphatic rings. The highest BCUT2D eigenvalue weighted by atomic mass is 35.5. The normalized spacial score (nSPS) is 17.3. The van der Waals surface area contributed by atoms with Crippen LogP contribution >= 0.6 is 11.6 Å². The lowest BCUT2D eigenvalue weighted by molar-refractivity contribution is -0.0202. The molecule has 0 amide bonds. The average molecular weight is 256 g/mol. The lowest BCUT2D eigenvalue weighted by atomic mass is 9.80. The van der Waals surface area contributed by atoms with Crippen LogP contribution in [0.5, 0.6) is 0 Å². The smallest absolute Gasteiger partial charge is 0.337 e. The van der Waals surface area contributed by atoms with Gasteiger partial charge in [-0.3, -0.25) is 0 Å². The number of carboxylic acids is 1. The molecular weight excluding hydrogens is 242 g/mol. The van der Waals surface area contributed by atoms with Gasteiger partial charge in [-0.05, 0) is 37.5 Å². The largest absolute Gasteiger partial charge is 0.478 e. The molecule has 4 nitrogen and oxygen atoms in total. The number of aliphatic hydroxyl groups is 1. The Kier molecular flexibility index (Phi) is 3.26. The van der Waals surface area contributed by atoms with E-state index in [1.165, 1.54) is 6.07 Å². The molecular formula is C12H14ClNO3. The minimum atomic E-state index is -1.03. The Morgan fingerprint density at radius 1 is 1.47 bits per heavy atom. The van der Waals surface area contributed by atoms with Crippen LogP contribution in [0.2, 0.25) is 5.02 Å². The number of benzene rings is 1. The molecule has 0 spiro atoms. The summed E-state index contributed by atoms with van der Waals surface area (Å²) in [5.74, 6) is -1.03. The predicted octanol–water partition coefficient (Wildman–Crippen LogP) is 2.37. The van der Waals surface area contributed by atoms with E-state index in [4.69, 9.17) is 16.7 Å². The van der Waals surface area contributed by atoms with Crippen molar-refractivity contribution in [3.05, 3.63) is 28.8 Å². The summed E-state index contributed by atoms with van der Waals surface area (Å²) in [6, 6.07) is 4.64. The van der Waals surface area contributed by atoms with Crippen molar-refractivity contribution in [2.24, 2.45) is 0 Å². The number of hydrogen-bond donors (Lipinski definition) is 3. The highest BCUT2D eigenvalue weighted by molar-refractivity contribution is 6.31. The van der Waals surface area contributed by atoms with Gasteiger partial charge in [-0.1, -0.05) is 11.6 Å². The molecule has 0 atom stereocenters. The van der Waals surface area contributed by atoms with Crippen LogP contribution < -0.4 is 5.32 Å². The third-order valence-corrected chi connectivity index (χ3v) is 3.34. The first-order valence-corrected chi connectivity index (χ1v) is 5.87. The Balaban J connectivity index is 2.12. The zero-order valence-corrected chi connectivity index (χ0v) is 10.00. The highest BCUT2D eigenvalue weighted by Crippen LogP contribution is 2.32. The molecule has 92 valence electrons. The monoisotopic (exact) mass is 255 g/mol. The summed E-state index contributed by atoms with van der Waals surface area (Å²) in [6.45, 7) is 0.370. The molecule has 17 heavy (non-hydrogen) atoms. The van der Waals surface area contributed by atoms with Gasteiger partial charge < -0.3 is 15.5 Å². The molecule has 0 unspecified atom stereocenters. The Hall–Kier alpha value is -1.26. The summed E-state index contributed by atoms with van der Waals surface area (Å²) in [4.78, 5) is 11.0. The second-order valence-corrected chi connectivity index (χ2v) is 4.86. The van der Waals surface area contributed by atoms with Gasteiger partial charge in [-0.15, -0.1) is 0 Å². The van der Waals surface area contributed by atoms with Gasteiger partial charge in [-0.25, -0.2) is 4.79 Å². The van der Waals surface area contributed by atoms with Crippen molar-refractivity contribution in [3.8, 4) is 0 Å². The SMILES string of the molecule is O=C(O)c1cc(Cl)ccc1NCC1(O)CCC1. The number of aromatic carboxylic acids is 1. The fourth-order valence-corrected chi connectivity index (χ4v) is 2.04. The van der Waals surface area contributed by atoms with Gasteiger partial charge in [0.1, 0.15) is 0 Å². The van der Waals surface area contributed by atoms with Crippen molar-refractivity contribution in [2.75, 3.05) is 11.9 Å². The van der Waals surface area contributed by atoms with Gasteiger partial charge in [0.05, 0.1) is 11.2 Å². The van der Waals surface area contributed by atoms with E-state index >= 15 is 0 Å². The van der Waals surface area contributed by atoms with Crippen molar-refractivity contribution in [1.82, 2.24) is 0 Å². The molecule has 0 heterocycles. The standard InChI is InChI=1S/C12H14ClNO3/c13-8-2-3-10(9(6-8)11(15)16)14-7-12(17)4-1-5-12/h2-3,6,14,17H,1,4-5,7H2,(H,15,16). The fourth-order valence-electron chi connectivity index (χ4n) is 1.87. The van der Waals surface area contributed by atoms with Gasteiger partial charge >= 0.3 is 5.97 Å².